The second kappa shape index (κ2) is 7.43. The van der Waals surface area contributed by atoms with Gasteiger partial charge in [-0.25, -0.2) is 0 Å². The Kier molecular flexibility index (Phi) is 5.79. The van der Waals surface area contributed by atoms with E-state index in [0.29, 0.717) is 6.61 Å². The SMILES string of the molecule is C[C@H](N)CCO[Si](c1ccccc1)(c1ccccc1)C(C)(C)C. The quantitative estimate of drug-likeness (QED) is 0.826. The Balaban J connectivity index is 2.55. The van der Waals surface area contributed by atoms with Crippen LogP contribution in [0.5, 0.6) is 0 Å². The molecule has 0 saturated heterocycles. The van der Waals surface area contributed by atoms with Crippen molar-refractivity contribution in [3.63, 3.8) is 0 Å². The molecule has 124 valence electrons. The molecule has 0 saturated carbocycles. The van der Waals surface area contributed by atoms with Crippen molar-refractivity contribution < 1.29 is 4.43 Å². The summed E-state index contributed by atoms with van der Waals surface area (Å²) in [6.45, 7) is 9.63. The fraction of sp³-hybridized carbons (Fsp3) is 0.400. The second-order valence-corrected chi connectivity index (χ2v) is 11.6. The first kappa shape index (κ1) is 17.9. The van der Waals surface area contributed by atoms with Gasteiger partial charge in [0.15, 0.2) is 0 Å². The standard InChI is InChI=1S/C20H29NOSi/c1-17(21)15-16-22-23(20(2,3)4,18-11-7-5-8-12-18)19-13-9-6-10-14-19/h5-14,17H,15-16,21H2,1-4H3/t17-/m0/s1. The van der Waals surface area contributed by atoms with Crippen LogP contribution in [0.4, 0.5) is 0 Å². The molecule has 0 unspecified atom stereocenters. The summed E-state index contributed by atoms with van der Waals surface area (Å²) in [5, 5.41) is 2.68. The third-order valence-electron chi connectivity index (χ3n) is 4.31. The van der Waals surface area contributed by atoms with Crippen LogP contribution in [0, 0.1) is 0 Å². The Bertz CT molecular complexity index is 551. The molecule has 0 amide bonds. The second-order valence-electron chi connectivity index (χ2n) is 7.28. The highest BCUT2D eigenvalue weighted by atomic mass is 28.4. The lowest BCUT2D eigenvalue weighted by Gasteiger charge is -2.43. The minimum Gasteiger partial charge on any atom is -0.407 e. The molecule has 2 N–H and O–H groups in total. The number of rotatable bonds is 6. The monoisotopic (exact) mass is 327 g/mol. The van der Waals surface area contributed by atoms with E-state index in [2.05, 4.69) is 81.4 Å². The molecule has 0 aliphatic heterocycles. The molecular weight excluding hydrogens is 298 g/mol. The van der Waals surface area contributed by atoms with E-state index in [0.717, 1.165) is 6.42 Å². The van der Waals surface area contributed by atoms with Crippen molar-refractivity contribution in [2.24, 2.45) is 5.73 Å². The average Bonchev–Trinajstić information content (AvgIpc) is 2.52. The van der Waals surface area contributed by atoms with E-state index < -0.39 is 8.32 Å². The largest absolute Gasteiger partial charge is 0.407 e. The van der Waals surface area contributed by atoms with E-state index in [1.165, 1.54) is 10.4 Å². The minimum absolute atomic E-state index is 0.0353. The van der Waals surface area contributed by atoms with Crippen molar-refractivity contribution in [3.8, 4) is 0 Å². The topological polar surface area (TPSA) is 35.2 Å². The van der Waals surface area contributed by atoms with Gasteiger partial charge in [0.1, 0.15) is 0 Å². The Morgan fingerprint density at radius 2 is 1.35 bits per heavy atom. The molecule has 0 aliphatic rings. The molecule has 0 radical (unpaired) electrons. The Hall–Kier alpha value is -1.42. The van der Waals surface area contributed by atoms with Crippen molar-refractivity contribution in [2.45, 2.75) is 45.2 Å². The van der Waals surface area contributed by atoms with Gasteiger partial charge >= 0.3 is 0 Å². The Morgan fingerprint density at radius 3 is 1.70 bits per heavy atom. The Morgan fingerprint density at radius 1 is 0.913 bits per heavy atom. The van der Waals surface area contributed by atoms with Crippen LogP contribution >= 0.6 is 0 Å². The maximum atomic E-state index is 6.74. The molecule has 23 heavy (non-hydrogen) atoms. The third kappa shape index (κ3) is 3.92. The lowest BCUT2D eigenvalue weighted by Crippen LogP contribution is -2.66. The van der Waals surface area contributed by atoms with Gasteiger partial charge in [-0.05, 0) is 28.8 Å². The van der Waals surface area contributed by atoms with E-state index in [1.54, 1.807) is 0 Å². The zero-order chi connectivity index (χ0) is 16.9. The summed E-state index contributed by atoms with van der Waals surface area (Å²) in [6, 6.07) is 21.6. The molecule has 0 aliphatic carbocycles. The van der Waals surface area contributed by atoms with Crippen molar-refractivity contribution in [3.05, 3.63) is 60.7 Å². The van der Waals surface area contributed by atoms with E-state index >= 15 is 0 Å². The van der Waals surface area contributed by atoms with Crippen molar-refractivity contribution in [1.29, 1.82) is 0 Å². The minimum atomic E-state index is -2.37. The number of hydrogen-bond donors (Lipinski definition) is 1. The van der Waals surface area contributed by atoms with Crippen molar-refractivity contribution in [1.82, 2.24) is 0 Å². The first-order chi connectivity index (χ1) is 10.9. The van der Waals surface area contributed by atoms with Crippen LogP contribution in [0.3, 0.4) is 0 Å². The maximum Gasteiger partial charge on any atom is 0.261 e. The first-order valence-corrected chi connectivity index (χ1v) is 10.3. The highest BCUT2D eigenvalue weighted by Gasteiger charge is 2.49. The number of benzene rings is 2. The third-order valence-corrected chi connectivity index (χ3v) is 9.35. The highest BCUT2D eigenvalue weighted by Crippen LogP contribution is 2.36. The number of hydrogen-bond acceptors (Lipinski definition) is 2. The molecule has 0 bridgehead atoms. The summed E-state index contributed by atoms with van der Waals surface area (Å²) in [4.78, 5) is 0. The summed E-state index contributed by atoms with van der Waals surface area (Å²) >= 11 is 0. The van der Waals surface area contributed by atoms with Crippen LogP contribution in [0.15, 0.2) is 60.7 Å². The molecule has 1 atom stereocenters. The molecule has 0 fully saturated rings. The number of nitrogens with two attached hydrogens (primary N) is 1. The summed E-state index contributed by atoms with van der Waals surface area (Å²) in [5.74, 6) is 0. The predicted octanol–water partition coefficient (Wildman–Crippen LogP) is 3.30. The zero-order valence-corrected chi connectivity index (χ0v) is 15.8. The molecule has 0 spiro atoms. The van der Waals surface area contributed by atoms with Gasteiger partial charge in [-0.15, -0.1) is 0 Å². The van der Waals surface area contributed by atoms with Crippen LogP contribution in [-0.2, 0) is 4.43 Å². The summed E-state index contributed by atoms with van der Waals surface area (Å²) in [7, 11) is -2.37. The van der Waals surface area contributed by atoms with Gasteiger partial charge < -0.3 is 10.2 Å². The molecule has 0 aromatic heterocycles. The van der Waals surface area contributed by atoms with Gasteiger partial charge in [0.05, 0.1) is 0 Å². The lowest BCUT2D eigenvalue weighted by atomic mass is 10.2. The molecular formula is C20H29NOSi. The van der Waals surface area contributed by atoms with Crippen LogP contribution in [0.2, 0.25) is 5.04 Å². The smallest absolute Gasteiger partial charge is 0.261 e. The van der Waals surface area contributed by atoms with Gasteiger partial charge in [-0.3, -0.25) is 0 Å². The fourth-order valence-electron chi connectivity index (χ4n) is 3.16. The normalized spacial score (nSPS) is 13.8. The molecule has 0 heterocycles. The molecule has 2 rings (SSSR count). The summed E-state index contributed by atoms with van der Waals surface area (Å²) in [5.41, 5.74) is 5.94. The van der Waals surface area contributed by atoms with Crippen molar-refractivity contribution in [2.75, 3.05) is 6.61 Å². The Labute approximate surface area is 141 Å². The lowest BCUT2D eigenvalue weighted by molar-refractivity contribution is 0.283. The fourth-order valence-corrected chi connectivity index (χ4v) is 7.74. The van der Waals surface area contributed by atoms with Crippen molar-refractivity contribution >= 4 is 18.7 Å². The van der Waals surface area contributed by atoms with Crippen LogP contribution in [-0.4, -0.2) is 21.0 Å². The molecule has 2 aromatic carbocycles. The van der Waals surface area contributed by atoms with Crippen LogP contribution < -0.4 is 16.1 Å². The highest BCUT2D eigenvalue weighted by molar-refractivity contribution is 6.99. The predicted molar refractivity (Wildman–Crippen MR) is 102 cm³/mol. The van der Waals surface area contributed by atoms with Gasteiger partial charge in [-0.2, -0.15) is 0 Å². The van der Waals surface area contributed by atoms with Crippen LogP contribution in [0.1, 0.15) is 34.1 Å². The maximum absolute atomic E-state index is 6.74. The van der Waals surface area contributed by atoms with E-state index in [1.807, 2.05) is 6.92 Å². The van der Waals surface area contributed by atoms with Gasteiger partial charge in [0, 0.05) is 12.6 Å². The molecule has 3 heteroatoms. The summed E-state index contributed by atoms with van der Waals surface area (Å²) < 4.78 is 6.74. The molecule has 2 aromatic rings. The van der Waals surface area contributed by atoms with Gasteiger partial charge in [0.2, 0.25) is 0 Å². The first-order valence-electron chi connectivity index (χ1n) is 8.38. The van der Waals surface area contributed by atoms with E-state index in [9.17, 15) is 0 Å². The zero-order valence-electron chi connectivity index (χ0n) is 14.8. The van der Waals surface area contributed by atoms with Gasteiger partial charge in [-0.1, -0.05) is 81.4 Å². The van der Waals surface area contributed by atoms with Gasteiger partial charge in [0.25, 0.3) is 8.32 Å². The average molecular weight is 328 g/mol. The van der Waals surface area contributed by atoms with Crippen LogP contribution in [0.25, 0.3) is 0 Å². The van der Waals surface area contributed by atoms with E-state index in [-0.39, 0.29) is 11.1 Å². The summed E-state index contributed by atoms with van der Waals surface area (Å²) in [6.07, 6.45) is 0.879. The molecule has 2 nitrogen and oxygen atoms in total. The van der Waals surface area contributed by atoms with E-state index in [4.69, 9.17) is 10.2 Å².